The molecular weight excluding hydrogens is 254 g/mol. The zero-order valence-electron chi connectivity index (χ0n) is 10.8. The van der Waals surface area contributed by atoms with Crippen molar-refractivity contribution in [3.05, 3.63) is 6.20 Å². The molecule has 0 saturated carbocycles. The fraction of sp³-hybridized carbons (Fsp3) is 0.700. The molecule has 102 valence electrons. The number of nitrogens with zero attached hydrogens (tertiary/aromatic N) is 3. The van der Waals surface area contributed by atoms with E-state index in [-0.39, 0.29) is 22.8 Å². The minimum atomic E-state index is -3.55. The summed E-state index contributed by atoms with van der Waals surface area (Å²) < 4.78 is 26.3. The van der Waals surface area contributed by atoms with Crippen LogP contribution in [0, 0.1) is 0 Å². The van der Waals surface area contributed by atoms with Gasteiger partial charge in [-0.05, 0) is 20.9 Å². The molecular formula is C10H19N5O2S. The molecule has 1 saturated heterocycles. The molecule has 1 aromatic rings. The van der Waals surface area contributed by atoms with Crippen LogP contribution in [0.5, 0.6) is 0 Å². The summed E-state index contributed by atoms with van der Waals surface area (Å²) in [4.78, 5) is 2.23. The zero-order valence-corrected chi connectivity index (χ0v) is 11.6. The fourth-order valence-electron chi connectivity index (χ4n) is 2.18. The van der Waals surface area contributed by atoms with Crippen molar-refractivity contribution in [2.75, 3.05) is 25.9 Å². The highest BCUT2D eigenvalue weighted by Crippen LogP contribution is 2.24. The third kappa shape index (κ3) is 2.11. The first kappa shape index (κ1) is 13.3. The summed E-state index contributed by atoms with van der Waals surface area (Å²) in [5.74, 6) is 0.0919. The summed E-state index contributed by atoms with van der Waals surface area (Å²) in [6.07, 6.45) is 1.26. The van der Waals surface area contributed by atoms with Gasteiger partial charge in [-0.2, -0.15) is 9.40 Å². The molecule has 2 rings (SSSR count). The lowest BCUT2D eigenvalue weighted by Crippen LogP contribution is -2.56. The van der Waals surface area contributed by atoms with E-state index in [2.05, 4.69) is 15.1 Å². The number of nitrogens with one attached hydrogen (secondary N) is 1. The number of hydrogen-bond acceptors (Lipinski definition) is 5. The second kappa shape index (κ2) is 4.52. The van der Waals surface area contributed by atoms with Gasteiger partial charge < -0.3 is 5.73 Å². The predicted octanol–water partition coefficient (Wildman–Crippen LogP) is -0.295. The molecule has 0 aliphatic carbocycles. The van der Waals surface area contributed by atoms with Crippen molar-refractivity contribution < 1.29 is 8.42 Å². The number of nitrogens with two attached hydrogens (primary N) is 1. The van der Waals surface area contributed by atoms with Crippen LogP contribution in [0.2, 0.25) is 0 Å². The van der Waals surface area contributed by atoms with Gasteiger partial charge in [-0.15, -0.1) is 0 Å². The van der Waals surface area contributed by atoms with Gasteiger partial charge >= 0.3 is 0 Å². The summed E-state index contributed by atoms with van der Waals surface area (Å²) in [7, 11) is -1.55. The van der Waals surface area contributed by atoms with Crippen LogP contribution < -0.4 is 5.73 Å². The lowest BCUT2D eigenvalue weighted by molar-refractivity contribution is 0.105. The van der Waals surface area contributed by atoms with Crippen LogP contribution in [0.25, 0.3) is 0 Å². The SMILES string of the molecule is CC1CN(S(=O)(=O)c2cn[nH]c2N)CC(C)N1C. The number of sulfonamides is 1. The van der Waals surface area contributed by atoms with Gasteiger partial charge in [0.05, 0.1) is 6.20 Å². The Morgan fingerprint density at radius 3 is 2.39 bits per heavy atom. The van der Waals surface area contributed by atoms with Gasteiger partial charge in [0.25, 0.3) is 0 Å². The van der Waals surface area contributed by atoms with Crippen LogP contribution in [0.4, 0.5) is 5.82 Å². The Kier molecular flexibility index (Phi) is 3.35. The molecule has 1 aliphatic rings. The normalized spacial score (nSPS) is 27.5. The van der Waals surface area contributed by atoms with Crippen LogP contribution in [0.15, 0.2) is 11.1 Å². The quantitative estimate of drug-likeness (QED) is 0.771. The zero-order chi connectivity index (χ0) is 13.5. The van der Waals surface area contributed by atoms with Gasteiger partial charge in [-0.1, -0.05) is 0 Å². The minimum absolute atomic E-state index is 0.0615. The number of nitrogen functional groups attached to an aromatic ring is 1. The number of aromatic nitrogens is 2. The molecule has 2 heterocycles. The first-order chi connectivity index (χ1) is 8.34. The Hall–Kier alpha value is -1.12. The molecule has 0 radical (unpaired) electrons. The molecule has 2 atom stereocenters. The summed E-state index contributed by atoms with van der Waals surface area (Å²) in [6, 6.07) is 0.355. The summed E-state index contributed by atoms with van der Waals surface area (Å²) in [5.41, 5.74) is 5.60. The Balaban J connectivity index is 2.30. The van der Waals surface area contributed by atoms with E-state index in [1.165, 1.54) is 10.5 Å². The van der Waals surface area contributed by atoms with E-state index in [1.54, 1.807) is 0 Å². The van der Waals surface area contributed by atoms with Crippen molar-refractivity contribution in [3.63, 3.8) is 0 Å². The number of aromatic amines is 1. The molecule has 0 amide bonds. The highest BCUT2D eigenvalue weighted by molar-refractivity contribution is 7.89. The lowest BCUT2D eigenvalue weighted by atomic mass is 10.1. The summed E-state index contributed by atoms with van der Waals surface area (Å²) >= 11 is 0. The van der Waals surface area contributed by atoms with Crippen molar-refractivity contribution in [3.8, 4) is 0 Å². The maximum Gasteiger partial charge on any atom is 0.248 e. The Morgan fingerprint density at radius 1 is 1.39 bits per heavy atom. The summed E-state index contributed by atoms with van der Waals surface area (Å²) in [5, 5.41) is 6.13. The lowest BCUT2D eigenvalue weighted by Gasteiger charge is -2.41. The third-order valence-corrected chi connectivity index (χ3v) is 5.44. The monoisotopic (exact) mass is 273 g/mol. The van der Waals surface area contributed by atoms with Gasteiger partial charge in [0.15, 0.2) is 0 Å². The number of piperazine rings is 1. The van der Waals surface area contributed by atoms with Crippen LogP contribution in [-0.2, 0) is 10.0 Å². The van der Waals surface area contributed by atoms with Gasteiger partial charge in [0.1, 0.15) is 10.7 Å². The molecule has 8 heteroatoms. The largest absolute Gasteiger partial charge is 0.383 e. The van der Waals surface area contributed by atoms with Crippen molar-refractivity contribution in [1.82, 2.24) is 19.4 Å². The van der Waals surface area contributed by atoms with Crippen molar-refractivity contribution in [2.45, 2.75) is 30.8 Å². The first-order valence-corrected chi connectivity index (χ1v) is 7.29. The molecule has 1 aliphatic heterocycles. The minimum Gasteiger partial charge on any atom is -0.383 e. The first-order valence-electron chi connectivity index (χ1n) is 5.85. The molecule has 0 bridgehead atoms. The van der Waals surface area contributed by atoms with Crippen molar-refractivity contribution in [2.24, 2.45) is 0 Å². The van der Waals surface area contributed by atoms with E-state index in [9.17, 15) is 8.42 Å². The highest BCUT2D eigenvalue weighted by Gasteiger charge is 2.35. The average Bonchev–Trinajstić information content (AvgIpc) is 2.72. The van der Waals surface area contributed by atoms with E-state index in [0.717, 1.165) is 0 Å². The van der Waals surface area contributed by atoms with Crippen molar-refractivity contribution >= 4 is 15.8 Å². The number of rotatable bonds is 2. The maximum atomic E-state index is 12.4. The standard InChI is InChI=1S/C10H19N5O2S/c1-7-5-15(6-8(2)14(7)3)18(16,17)9-4-12-13-10(9)11/h4,7-8H,5-6H2,1-3H3,(H3,11,12,13). The molecule has 2 unspecified atom stereocenters. The Morgan fingerprint density at radius 2 is 1.94 bits per heavy atom. The van der Waals surface area contributed by atoms with E-state index >= 15 is 0 Å². The molecule has 0 spiro atoms. The Labute approximate surface area is 107 Å². The second-order valence-corrected chi connectivity index (χ2v) is 6.74. The molecule has 1 aromatic heterocycles. The van der Waals surface area contributed by atoms with E-state index < -0.39 is 10.0 Å². The Bertz CT molecular complexity index is 514. The van der Waals surface area contributed by atoms with Crippen LogP contribution in [-0.4, -0.2) is 60.0 Å². The number of anilines is 1. The average molecular weight is 273 g/mol. The van der Waals surface area contributed by atoms with Gasteiger partial charge in [-0.3, -0.25) is 10.00 Å². The van der Waals surface area contributed by atoms with Crippen LogP contribution in [0.1, 0.15) is 13.8 Å². The van der Waals surface area contributed by atoms with Crippen LogP contribution in [0.3, 0.4) is 0 Å². The number of H-pyrrole nitrogens is 1. The van der Waals surface area contributed by atoms with Crippen molar-refractivity contribution in [1.29, 1.82) is 0 Å². The topological polar surface area (TPSA) is 95.3 Å². The molecule has 7 nitrogen and oxygen atoms in total. The molecule has 3 N–H and O–H groups in total. The smallest absolute Gasteiger partial charge is 0.248 e. The van der Waals surface area contributed by atoms with E-state index in [4.69, 9.17) is 5.73 Å². The maximum absolute atomic E-state index is 12.4. The fourth-order valence-corrected chi connectivity index (χ4v) is 3.79. The predicted molar refractivity (Wildman–Crippen MR) is 68.4 cm³/mol. The van der Waals surface area contributed by atoms with Crippen LogP contribution >= 0.6 is 0 Å². The van der Waals surface area contributed by atoms with E-state index in [0.29, 0.717) is 13.1 Å². The summed E-state index contributed by atoms with van der Waals surface area (Å²) in [6.45, 7) is 4.95. The van der Waals surface area contributed by atoms with Gasteiger partial charge in [0, 0.05) is 25.2 Å². The highest BCUT2D eigenvalue weighted by atomic mass is 32.2. The molecule has 1 fully saturated rings. The van der Waals surface area contributed by atoms with Gasteiger partial charge in [0.2, 0.25) is 10.0 Å². The second-order valence-electron chi connectivity index (χ2n) is 4.83. The molecule has 18 heavy (non-hydrogen) atoms. The molecule has 0 aromatic carbocycles. The number of hydrogen-bond donors (Lipinski definition) is 2. The third-order valence-electron chi connectivity index (χ3n) is 3.58. The van der Waals surface area contributed by atoms with Gasteiger partial charge in [-0.25, -0.2) is 8.42 Å². The van der Waals surface area contributed by atoms with E-state index in [1.807, 2.05) is 20.9 Å². The number of likely N-dealkylation sites (N-methyl/N-ethyl adjacent to an activating group) is 1.